The number of nitrogens with zero attached hydrogens (tertiary/aromatic N) is 2. The summed E-state index contributed by atoms with van der Waals surface area (Å²) < 4.78 is 5.81. The number of halogens is 1. The van der Waals surface area contributed by atoms with E-state index in [0.29, 0.717) is 37.0 Å². The summed E-state index contributed by atoms with van der Waals surface area (Å²) in [6, 6.07) is 21.1. The Balaban J connectivity index is 1.29. The Morgan fingerprint density at radius 1 is 0.800 bits per heavy atom. The quantitative estimate of drug-likeness (QED) is 0.628. The molecule has 1 fully saturated rings. The highest BCUT2D eigenvalue weighted by atomic mass is 35.5. The van der Waals surface area contributed by atoms with Crippen LogP contribution < -0.4 is 4.74 Å². The molecule has 6 heteroatoms. The molecule has 0 N–H and O–H groups in total. The van der Waals surface area contributed by atoms with Crippen LogP contribution in [0.4, 0.5) is 0 Å². The van der Waals surface area contributed by atoms with Crippen LogP contribution in [0.1, 0.15) is 5.56 Å². The Labute approximate surface area is 180 Å². The van der Waals surface area contributed by atoms with Crippen LogP contribution in [-0.4, -0.2) is 54.4 Å². The molecule has 0 unspecified atom stereocenters. The van der Waals surface area contributed by atoms with E-state index in [1.807, 2.05) is 60.7 Å². The molecule has 0 radical (unpaired) electrons. The Bertz CT molecular complexity index is 1060. The minimum absolute atomic E-state index is 0.0123. The van der Waals surface area contributed by atoms with E-state index < -0.39 is 0 Å². The second-order valence-corrected chi connectivity index (χ2v) is 7.70. The lowest BCUT2D eigenvalue weighted by molar-refractivity contribution is -0.140. The van der Waals surface area contributed by atoms with Crippen molar-refractivity contribution < 1.29 is 14.3 Å². The van der Waals surface area contributed by atoms with Gasteiger partial charge in [0, 0.05) is 36.6 Å². The van der Waals surface area contributed by atoms with Crippen molar-refractivity contribution in [3.63, 3.8) is 0 Å². The van der Waals surface area contributed by atoms with Gasteiger partial charge in [0.1, 0.15) is 5.75 Å². The Kier molecular flexibility index (Phi) is 6.19. The fourth-order valence-corrected chi connectivity index (χ4v) is 3.88. The van der Waals surface area contributed by atoms with Gasteiger partial charge in [-0.2, -0.15) is 0 Å². The lowest BCUT2D eigenvalue weighted by Crippen LogP contribution is -2.52. The molecule has 0 aliphatic carbocycles. The van der Waals surface area contributed by atoms with E-state index in [9.17, 15) is 9.59 Å². The molecule has 5 nitrogen and oxygen atoms in total. The summed E-state index contributed by atoms with van der Waals surface area (Å²) in [5, 5.41) is 2.67. The smallest absolute Gasteiger partial charge is 0.260 e. The van der Waals surface area contributed by atoms with Gasteiger partial charge in [-0.1, -0.05) is 66.2 Å². The zero-order chi connectivity index (χ0) is 20.9. The molecule has 1 aliphatic rings. The van der Waals surface area contributed by atoms with E-state index in [2.05, 4.69) is 0 Å². The maximum Gasteiger partial charge on any atom is 0.260 e. The lowest BCUT2D eigenvalue weighted by atomic mass is 10.1. The van der Waals surface area contributed by atoms with E-state index >= 15 is 0 Å². The molecule has 1 aliphatic heterocycles. The van der Waals surface area contributed by atoms with Crippen molar-refractivity contribution in [3.05, 3.63) is 77.3 Å². The molecule has 0 spiro atoms. The van der Waals surface area contributed by atoms with Gasteiger partial charge in [-0.15, -0.1) is 0 Å². The second kappa shape index (κ2) is 9.18. The Morgan fingerprint density at radius 3 is 2.20 bits per heavy atom. The number of carbonyl (C=O) groups is 2. The van der Waals surface area contributed by atoms with Gasteiger partial charge in [0.05, 0.1) is 6.42 Å². The minimum Gasteiger partial charge on any atom is -0.483 e. The number of hydrogen-bond acceptors (Lipinski definition) is 3. The van der Waals surface area contributed by atoms with Gasteiger partial charge < -0.3 is 14.5 Å². The third-order valence-electron chi connectivity index (χ3n) is 5.39. The number of benzene rings is 3. The van der Waals surface area contributed by atoms with Crippen molar-refractivity contribution in [2.75, 3.05) is 32.8 Å². The maximum absolute atomic E-state index is 12.6. The van der Waals surface area contributed by atoms with Crippen LogP contribution in [0.2, 0.25) is 5.02 Å². The average molecular weight is 423 g/mol. The first-order chi connectivity index (χ1) is 14.6. The van der Waals surface area contributed by atoms with Gasteiger partial charge in [-0.3, -0.25) is 9.59 Å². The predicted molar refractivity (Wildman–Crippen MR) is 118 cm³/mol. The van der Waals surface area contributed by atoms with E-state index in [0.717, 1.165) is 16.3 Å². The standard InChI is InChI=1S/C24H23ClN2O3/c25-21-10-4-2-7-19(21)16-23(28)26-12-14-27(15-13-26)24(29)17-30-22-11-5-8-18-6-1-3-9-20(18)22/h1-11H,12-17H2. The topological polar surface area (TPSA) is 49.9 Å². The first kappa shape index (κ1) is 20.2. The van der Waals surface area contributed by atoms with Crippen LogP contribution in [0.3, 0.4) is 0 Å². The van der Waals surface area contributed by atoms with E-state index in [1.54, 1.807) is 15.9 Å². The zero-order valence-corrected chi connectivity index (χ0v) is 17.3. The molecule has 0 bridgehead atoms. The molecule has 2 amide bonds. The SMILES string of the molecule is O=C(COc1cccc2ccccc12)N1CCN(C(=O)Cc2ccccc2Cl)CC1. The molecule has 30 heavy (non-hydrogen) atoms. The van der Waals surface area contributed by atoms with E-state index in [-0.39, 0.29) is 24.8 Å². The van der Waals surface area contributed by atoms with Crippen LogP contribution in [0.25, 0.3) is 10.8 Å². The molecule has 3 aromatic rings. The summed E-state index contributed by atoms with van der Waals surface area (Å²) in [5.41, 5.74) is 0.825. The van der Waals surface area contributed by atoms with Crippen molar-refractivity contribution >= 4 is 34.2 Å². The second-order valence-electron chi connectivity index (χ2n) is 7.30. The minimum atomic E-state index is -0.0684. The van der Waals surface area contributed by atoms with Gasteiger partial charge in [-0.05, 0) is 23.1 Å². The third-order valence-corrected chi connectivity index (χ3v) is 5.75. The summed E-state index contributed by atoms with van der Waals surface area (Å²) in [7, 11) is 0. The van der Waals surface area contributed by atoms with E-state index in [1.165, 1.54) is 0 Å². The molecule has 1 saturated heterocycles. The summed E-state index contributed by atoms with van der Waals surface area (Å²) in [4.78, 5) is 28.7. The molecule has 1 heterocycles. The number of amides is 2. The van der Waals surface area contributed by atoms with Gasteiger partial charge in [-0.25, -0.2) is 0 Å². The molecule has 3 aromatic carbocycles. The molecule has 0 atom stereocenters. The Morgan fingerprint density at radius 2 is 1.43 bits per heavy atom. The predicted octanol–water partition coefficient (Wildman–Crippen LogP) is 3.79. The fourth-order valence-electron chi connectivity index (χ4n) is 3.67. The van der Waals surface area contributed by atoms with Crippen LogP contribution in [0.5, 0.6) is 5.75 Å². The molecular weight excluding hydrogens is 400 g/mol. The van der Waals surface area contributed by atoms with Gasteiger partial charge >= 0.3 is 0 Å². The van der Waals surface area contributed by atoms with Crippen molar-refractivity contribution in [3.8, 4) is 5.75 Å². The van der Waals surface area contributed by atoms with E-state index in [4.69, 9.17) is 16.3 Å². The summed E-state index contributed by atoms with van der Waals surface area (Å²) in [6.07, 6.45) is 0.276. The third kappa shape index (κ3) is 4.57. The maximum atomic E-state index is 12.6. The summed E-state index contributed by atoms with van der Waals surface area (Å²) in [6.45, 7) is 2.03. The van der Waals surface area contributed by atoms with Crippen molar-refractivity contribution in [1.29, 1.82) is 0 Å². The van der Waals surface area contributed by atoms with Crippen LogP contribution in [0, 0.1) is 0 Å². The average Bonchev–Trinajstić information content (AvgIpc) is 2.79. The van der Waals surface area contributed by atoms with Crippen molar-refractivity contribution in [2.24, 2.45) is 0 Å². The van der Waals surface area contributed by atoms with Crippen LogP contribution >= 0.6 is 11.6 Å². The number of carbonyl (C=O) groups excluding carboxylic acids is 2. The fraction of sp³-hybridized carbons (Fsp3) is 0.250. The lowest BCUT2D eigenvalue weighted by Gasteiger charge is -2.34. The normalized spacial score (nSPS) is 14.0. The molecule has 4 rings (SSSR count). The number of piperazine rings is 1. The molecule has 154 valence electrons. The summed E-state index contributed by atoms with van der Waals surface area (Å²) in [5.74, 6) is 0.665. The number of ether oxygens (including phenoxy) is 1. The molecular formula is C24H23ClN2O3. The number of fused-ring (bicyclic) bond motifs is 1. The van der Waals surface area contributed by atoms with Crippen LogP contribution in [-0.2, 0) is 16.0 Å². The largest absolute Gasteiger partial charge is 0.483 e. The zero-order valence-electron chi connectivity index (χ0n) is 16.6. The van der Waals surface area contributed by atoms with Gasteiger partial charge in [0.25, 0.3) is 5.91 Å². The van der Waals surface area contributed by atoms with Crippen molar-refractivity contribution in [2.45, 2.75) is 6.42 Å². The monoisotopic (exact) mass is 422 g/mol. The van der Waals surface area contributed by atoms with Gasteiger partial charge in [0.15, 0.2) is 6.61 Å². The summed E-state index contributed by atoms with van der Waals surface area (Å²) >= 11 is 6.16. The van der Waals surface area contributed by atoms with Crippen LogP contribution in [0.15, 0.2) is 66.7 Å². The highest BCUT2D eigenvalue weighted by Crippen LogP contribution is 2.25. The number of hydrogen-bond donors (Lipinski definition) is 0. The first-order valence-electron chi connectivity index (χ1n) is 10.0. The van der Waals surface area contributed by atoms with Crippen molar-refractivity contribution in [1.82, 2.24) is 9.80 Å². The van der Waals surface area contributed by atoms with Gasteiger partial charge in [0.2, 0.25) is 5.91 Å². The first-order valence-corrected chi connectivity index (χ1v) is 10.4. The number of rotatable bonds is 5. The highest BCUT2D eigenvalue weighted by Gasteiger charge is 2.24. The molecule has 0 saturated carbocycles. The Hall–Kier alpha value is -3.05. The molecule has 0 aromatic heterocycles. The highest BCUT2D eigenvalue weighted by molar-refractivity contribution is 6.31.